The molecular weight excluding hydrogens is 314 g/mol. The molecule has 3 aromatic rings. The fraction of sp³-hybridized carbons (Fsp3) is 0.0588. The van der Waals surface area contributed by atoms with E-state index in [0.29, 0.717) is 15.6 Å². The SMILES string of the molecule is NCc1ccc(S(=O)(=O)c2ccc(-c3ccccc3)cc2)s1. The predicted molar refractivity (Wildman–Crippen MR) is 89.5 cm³/mol. The first-order chi connectivity index (χ1) is 10.6. The molecule has 1 heterocycles. The molecule has 2 aromatic carbocycles. The monoisotopic (exact) mass is 329 g/mol. The lowest BCUT2D eigenvalue weighted by Crippen LogP contribution is -1.99. The summed E-state index contributed by atoms with van der Waals surface area (Å²) in [6, 6.07) is 20.2. The van der Waals surface area contributed by atoms with Gasteiger partial charge in [-0.3, -0.25) is 0 Å². The van der Waals surface area contributed by atoms with Crippen LogP contribution in [0.2, 0.25) is 0 Å². The molecule has 0 fully saturated rings. The zero-order valence-corrected chi connectivity index (χ0v) is 13.4. The molecule has 3 nitrogen and oxygen atoms in total. The van der Waals surface area contributed by atoms with Crippen LogP contribution >= 0.6 is 11.3 Å². The van der Waals surface area contributed by atoms with Gasteiger partial charge in [0.25, 0.3) is 0 Å². The van der Waals surface area contributed by atoms with E-state index in [1.54, 1.807) is 24.3 Å². The van der Waals surface area contributed by atoms with Crippen LogP contribution in [0.4, 0.5) is 0 Å². The van der Waals surface area contributed by atoms with E-state index >= 15 is 0 Å². The molecule has 0 atom stereocenters. The normalized spacial score (nSPS) is 11.5. The molecule has 5 heteroatoms. The van der Waals surface area contributed by atoms with E-state index in [0.717, 1.165) is 16.0 Å². The van der Waals surface area contributed by atoms with Crippen molar-refractivity contribution in [2.45, 2.75) is 15.6 Å². The van der Waals surface area contributed by atoms with Gasteiger partial charge in [-0.05, 0) is 35.4 Å². The summed E-state index contributed by atoms with van der Waals surface area (Å²) in [5, 5.41) is 0. The minimum absolute atomic E-state index is 0.303. The highest BCUT2D eigenvalue weighted by molar-refractivity contribution is 7.93. The highest BCUT2D eigenvalue weighted by Crippen LogP contribution is 2.29. The number of sulfone groups is 1. The summed E-state index contributed by atoms with van der Waals surface area (Å²) in [5.74, 6) is 0. The van der Waals surface area contributed by atoms with Crippen molar-refractivity contribution in [2.24, 2.45) is 5.73 Å². The summed E-state index contributed by atoms with van der Waals surface area (Å²) in [4.78, 5) is 1.16. The summed E-state index contributed by atoms with van der Waals surface area (Å²) in [6.07, 6.45) is 0. The van der Waals surface area contributed by atoms with Crippen molar-refractivity contribution in [3.05, 3.63) is 71.6 Å². The number of hydrogen-bond acceptors (Lipinski definition) is 4. The Hall–Kier alpha value is -1.95. The maximum absolute atomic E-state index is 12.6. The average Bonchev–Trinajstić information content (AvgIpc) is 3.06. The summed E-state index contributed by atoms with van der Waals surface area (Å²) in [7, 11) is -3.46. The van der Waals surface area contributed by atoms with Crippen LogP contribution in [-0.2, 0) is 16.4 Å². The van der Waals surface area contributed by atoms with E-state index in [1.807, 2.05) is 42.5 Å². The largest absolute Gasteiger partial charge is 0.326 e. The summed E-state index contributed by atoms with van der Waals surface area (Å²) in [6.45, 7) is 0.354. The van der Waals surface area contributed by atoms with E-state index in [9.17, 15) is 8.42 Å². The first kappa shape index (κ1) is 15.0. The predicted octanol–water partition coefficient (Wildman–Crippen LogP) is 3.71. The lowest BCUT2D eigenvalue weighted by Gasteiger charge is -2.05. The molecule has 0 unspecified atom stereocenters. The van der Waals surface area contributed by atoms with Gasteiger partial charge in [0.2, 0.25) is 9.84 Å². The van der Waals surface area contributed by atoms with Gasteiger partial charge in [-0.25, -0.2) is 8.42 Å². The second-order valence-corrected chi connectivity index (χ2v) is 8.16. The third kappa shape index (κ3) is 2.83. The average molecular weight is 329 g/mol. The topological polar surface area (TPSA) is 60.2 Å². The van der Waals surface area contributed by atoms with Crippen LogP contribution in [0.1, 0.15) is 4.88 Å². The van der Waals surface area contributed by atoms with Crippen molar-refractivity contribution in [3.8, 4) is 11.1 Å². The Kier molecular flexibility index (Phi) is 4.11. The Morgan fingerprint density at radius 3 is 2.05 bits per heavy atom. The molecule has 0 aliphatic rings. The molecule has 22 heavy (non-hydrogen) atoms. The van der Waals surface area contributed by atoms with Gasteiger partial charge in [-0.1, -0.05) is 42.5 Å². The van der Waals surface area contributed by atoms with Gasteiger partial charge in [-0.2, -0.15) is 0 Å². The highest BCUT2D eigenvalue weighted by atomic mass is 32.2. The van der Waals surface area contributed by atoms with Gasteiger partial charge in [0, 0.05) is 11.4 Å². The second kappa shape index (κ2) is 6.04. The molecule has 0 radical (unpaired) electrons. The van der Waals surface area contributed by atoms with Crippen LogP contribution in [0.15, 0.2) is 75.8 Å². The van der Waals surface area contributed by atoms with E-state index in [1.165, 1.54) is 11.3 Å². The van der Waals surface area contributed by atoms with Gasteiger partial charge >= 0.3 is 0 Å². The fourth-order valence-corrected chi connectivity index (χ4v) is 4.82. The third-order valence-corrected chi connectivity index (χ3v) is 6.74. The lowest BCUT2D eigenvalue weighted by atomic mass is 10.1. The Morgan fingerprint density at radius 2 is 1.45 bits per heavy atom. The number of nitrogens with two attached hydrogens (primary N) is 1. The van der Waals surface area contributed by atoms with Crippen LogP contribution in [0.3, 0.4) is 0 Å². The van der Waals surface area contributed by atoms with E-state index in [4.69, 9.17) is 5.73 Å². The summed E-state index contributed by atoms with van der Waals surface area (Å²) >= 11 is 1.22. The van der Waals surface area contributed by atoms with Crippen molar-refractivity contribution in [1.29, 1.82) is 0 Å². The Bertz CT molecular complexity index is 867. The standard InChI is InChI=1S/C17H15NO2S2/c18-12-15-8-11-17(21-15)22(19,20)16-9-6-14(7-10-16)13-4-2-1-3-5-13/h1-11H,12,18H2. The number of rotatable bonds is 4. The van der Waals surface area contributed by atoms with Crippen LogP contribution in [0, 0.1) is 0 Å². The van der Waals surface area contributed by atoms with E-state index in [-0.39, 0.29) is 0 Å². The molecule has 0 bridgehead atoms. The minimum atomic E-state index is -3.46. The van der Waals surface area contributed by atoms with Crippen molar-refractivity contribution >= 4 is 21.2 Å². The van der Waals surface area contributed by atoms with Gasteiger partial charge in [0.15, 0.2) is 0 Å². The highest BCUT2D eigenvalue weighted by Gasteiger charge is 2.19. The molecule has 0 aliphatic carbocycles. The molecule has 2 N–H and O–H groups in total. The van der Waals surface area contributed by atoms with E-state index < -0.39 is 9.84 Å². The Balaban J connectivity index is 1.95. The Morgan fingerprint density at radius 1 is 0.818 bits per heavy atom. The molecule has 3 rings (SSSR count). The van der Waals surface area contributed by atoms with Crippen LogP contribution in [0.5, 0.6) is 0 Å². The van der Waals surface area contributed by atoms with Crippen molar-refractivity contribution < 1.29 is 8.42 Å². The molecule has 1 aromatic heterocycles. The molecule has 0 aliphatic heterocycles. The number of thiophene rings is 1. The Labute approximate surface area is 134 Å². The van der Waals surface area contributed by atoms with Crippen LogP contribution < -0.4 is 5.73 Å². The number of benzene rings is 2. The molecular formula is C17H15NO2S2. The minimum Gasteiger partial charge on any atom is -0.326 e. The summed E-state index contributed by atoms with van der Waals surface area (Å²) in [5.41, 5.74) is 7.60. The van der Waals surface area contributed by atoms with Crippen LogP contribution in [-0.4, -0.2) is 8.42 Å². The van der Waals surface area contributed by atoms with Crippen molar-refractivity contribution in [3.63, 3.8) is 0 Å². The molecule has 0 saturated heterocycles. The van der Waals surface area contributed by atoms with Gasteiger partial charge in [0.1, 0.15) is 4.21 Å². The van der Waals surface area contributed by atoms with Gasteiger partial charge < -0.3 is 5.73 Å². The number of hydrogen-bond donors (Lipinski definition) is 1. The lowest BCUT2D eigenvalue weighted by molar-refractivity contribution is 0.598. The quantitative estimate of drug-likeness (QED) is 0.794. The maximum Gasteiger partial charge on any atom is 0.215 e. The molecule has 0 saturated carbocycles. The van der Waals surface area contributed by atoms with Gasteiger partial charge in [0.05, 0.1) is 4.90 Å². The van der Waals surface area contributed by atoms with Gasteiger partial charge in [-0.15, -0.1) is 11.3 Å². The third-order valence-electron chi connectivity index (χ3n) is 3.37. The van der Waals surface area contributed by atoms with Crippen molar-refractivity contribution in [1.82, 2.24) is 0 Å². The molecule has 0 amide bonds. The smallest absolute Gasteiger partial charge is 0.215 e. The second-order valence-electron chi connectivity index (χ2n) is 4.82. The first-order valence-corrected chi connectivity index (χ1v) is 9.10. The van der Waals surface area contributed by atoms with E-state index in [2.05, 4.69) is 0 Å². The molecule has 112 valence electrons. The zero-order chi connectivity index (χ0) is 15.6. The van der Waals surface area contributed by atoms with Crippen LogP contribution in [0.25, 0.3) is 11.1 Å². The first-order valence-electron chi connectivity index (χ1n) is 6.80. The zero-order valence-electron chi connectivity index (χ0n) is 11.8. The summed E-state index contributed by atoms with van der Waals surface area (Å²) < 4.78 is 25.5. The fourth-order valence-electron chi connectivity index (χ4n) is 2.19. The molecule has 0 spiro atoms. The maximum atomic E-state index is 12.6. The van der Waals surface area contributed by atoms with Crippen molar-refractivity contribution in [2.75, 3.05) is 0 Å².